The first-order valence-electron chi connectivity index (χ1n) is 27.1. The summed E-state index contributed by atoms with van der Waals surface area (Å²) in [6, 6.07) is 54.1. The normalized spacial score (nSPS) is 21.4. The molecule has 0 amide bonds. The third-order valence-corrected chi connectivity index (χ3v) is 13.3. The number of hydrogen-bond donors (Lipinski definition) is 0. The maximum Gasteiger partial charge on any atom is 0.338 e. The van der Waals surface area contributed by atoms with Gasteiger partial charge in [-0.1, -0.05) is 134 Å². The Morgan fingerprint density at radius 3 is 0.953 bits per heavy atom. The van der Waals surface area contributed by atoms with Crippen molar-refractivity contribution in [3.05, 3.63) is 264 Å². The lowest BCUT2D eigenvalue weighted by Gasteiger charge is -2.48. The lowest BCUT2D eigenvalue weighted by atomic mass is 9.95. The molecule has 2 saturated heterocycles. The summed E-state index contributed by atoms with van der Waals surface area (Å²) in [5.74, 6) is -7.58. The second-order valence-corrected chi connectivity index (χ2v) is 19.0. The van der Waals surface area contributed by atoms with Crippen molar-refractivity contribution in [2.75, 3.05) is 26.4 Å². The SMILES string of the molecule is C=CC(=O)OCCO[C@@H]1O[C@H](COC(=O)c2ccccc2)[C@@H](O[C@@H]2O[C@H](COC(=O)c3ccccc3)[C@H](OC(=O)c3ccccc3)[C@H](OC(=O)c3ccccc3)[C@H]2OC(=O)c2ccccc2)[C@H](OC(=O)c2ccccc2)[C@H]1OC(=O)c1ccccc1. The zero-order valence-corrected chi connectivity index (χ0v) is 45.8. The molecule has 2 fully saturated rings. The van der Waals surface area contributed by atoms with Crippen molar-refractivity contribution in [3.8, 4) is 0 Å². The van der Waals surface area contributed by atoms with Crippen LogP contribution in [0.3, 0.4) is 0 Å². The number of rotatable bonds is 23. The van der Waals surface area contributed by atoms with Crippen LogP contribution >= 0.6 is 0 Å². The van der Waals surface area contributed by atoms with E-state index in [9.17, 15) is 38.4 Å². The van der Waals surface area contributed by atoms with Gasteiger partial charge >= 0.3 is 47.8 Å². The van der Waals surface area contributed by atoms with Gasteiger partial charge < -0.3 is 56.8 Å². The molecule has 20 nitrogen and oxygen atoms in total. The minimum atomic E-state index is -2.11. The highest BCUT2D eigenvalue weighted by Gasteiger charge is 2.58. The van der Waals surface area contributed by atoms with Crippen LogP contribution in [0.1, 0.15) is 72.5 Å². The molecule has 7 aromatic rings. The molecule has 10 atom stereocenters. The molecule has 2 aliphatic rings. The van der Waals surface area contributed by atoms with Gasteiger partial charge in [-0.25, -0.2) is 38.4 Å². The highest BCUT2D eigenvalue weighted by Crippen LogP contribution is 2.37. The predicted molar refractivity (Wildman–Crippen MR) is 301 cm³/mol. The van der Waals surface area contributed by atoms with Crippen LogP contribution < -0.4 is 0 Å². The first kappa shape index (κ1) is 60.5. The van der Waals surface area contributed by atoms with E-state index < -0.39 is 136 Å². The standard InChI is InChI=1S/C66H56O20/c1-2-51(67)75-38-39-76-65-56(84-63(73)47-34-20-8-21-35-47)55(83-62(72)46-32-18-7-19-33-46)53(50(79-65)41-78-59(69)43-26-12-4-13-27-43)86-66-57(85-64(74)48-36-22-9-23-37-48)54(82-61(71)45-30-16-6-17-31-45)52(81-60(70)44-28-14-5-15-29-44)49(80-66)40-77-58(68)42-24-10-3-11-25-42/h2-37,49-50,52-57,65-66H,1,38-41H2/t49-,50-,52+,53-,54+,55+,56-,57-,65-,66+/m1/s1. The van der Waals surface area contributed by atoms with E-state index in [1.165, 1.54) is 84.9 Å². The lowest BCUT2D eigenvalue weighted by molar-refractivity contribution is -0.356. The van der Waals surface area contributed by atoms with Gasteiger partial charge in [-0.05, 0) is 84.9 Å². The number of carbonyl (C=O) groups excluding carboxylic acids is 8. The van der Waals surface area contributed by atoms with Gasteiger partial charge in [-0.15, -0.1) is 0 Å². The van der Waals surface area contributed by atoms with Gasteiger partial charge in [0.15, 0.2) is 43.1 Å². The van der Waals surface area contributed by atoms with Gasteiger partial charge in [0.2, 0.25) is 0 Å². The lowest BCUT2D eigenvalue weighted by Crippen LogP contribution is -2.67. The van der Waals surface area contributed by atoms with Crippen molar-refractivity contribution >= 4 is 47.8 Å². The van der Waals surface area contributed by atoms with Crippen molar-refractivity contribution in [2.45, 2.75) is 61.4 Å². The van der Waals surface area contributed by atoms with Crippen molar-refractivity contribution in [3.63, 3.8) is 0 Å². The van der Waals surface area contributed by atoms with Gasteiger partial charge in [0.25, 0.3) is 0 Å². The predicted octanol–water partition coefficient (Wildman–Crippen LogP) is 8.41. The molecule has 440 valence electrons. The van der Waals surface area contributed by atoms with E-state index in [-0.39, 0.29) is 38.9 Å². The highest BCUT2D eigenvalue weighted by molar-refractivity contribution is 5.93. The van der Waals surface area contributed by atoms with Crippen molar-refractivity contribution in [2.24, 2.45) is 0 Å². The second-order valence-electron chi connectivity index (χ2n) is 19.0. The van der Waals surface area contributed by atoms with Crippen LogP contribution in [-0.2, 0) is 61.6 Å². The summed E-state index contributed by atoms with van der Waals surface area (Å²) in [5, 5.41) is 0. The Morgan fingerprint density at radius 1 is 0.326 bits per heavy atom. The molecule has 0 aliphatic carbocycles. The summed E-state index contributed by atoms with van der Waals surface area (Å²) < 4.78 is 74.9. The number of benzene rings is 7. The summed E-state index contributed by atoms with van der Waals surface area (Å²) in [5.41, 5.74) is 0.223. The molecule has 0 N–H and O–H groups in total. The molecule has 7 aromatic carbocycles. The largest absolute Gasteiger partial charge is 0.460 e. The fourth-order valence-electron chi connectivity index (χ4n) is 9.07. The van der Waals surface area contributed by atoms with E-state index in [1.54, 1.807) is 127 Å². The molecule has 0 spiro atoms. The average molecular weight is 1170 g/mol. The number of carbonyl (C=O) groups is 8. The Bertz CT molecular complexity index is 3410. The molecule has 0 bridgehead atoms. The number of esters is 8. The van der Waals surface area contributed by atoms with Gasteiger partial charge in [0, 0.05) is 6.08 Å². The fraction of sp³-hybridized carbons (Fsp3) is 0.212. The maximum atomic E-state index is 14.6. The molecule has 9 rings (SSSR count). The Balaban J connectivity index is 1.21. The van der Waals surface area contributed by atoms with Gasteiger partial charge in [-0.2, -0.15) is 0 Å². The molecule has 0 radical (unpaired) electrons. The summed E-state index contributed by atoms with van der Waals surface area (Å²) >= 11 is 0. The molecule has 2 aliphatic heterocycles. The molecule has 0 saturated carbocycles. The monoisotopic (exact) mass is 1170 g/mol. The third-order valence-electron chi connectivity index (χ3n) is 13.3. The average Bonchev–Trinajstić information content (AvgIpc) is 2.37. The van der Waals surface area contributed by atoms with Crippen LogP contribution in [0, 0.1) is 0 Å². The summed E-state index contributed by atoms with van der Waals surface area (Å²) in [6.45, 7) is 1.05. The topological polar surface area (TPSA) is 247 Å². The molecular weight excluding hydrogens is 1110 g/mol. The minimum absolute atomic E-state index is 0.00738. The van der Waals surface area contributed by atoms with E-state index in [2.05, 4.69) is 6.58 Å². The summed E-state index contributed by atoms with van der Waals surface area (Å²) in [7, 11) is 0. The van der Waals surface area contributed by atoms with Crippen LogP contribution in [0.25, 0.3) is 0 Å². The Hall–Kier alpha value is -10.1. The van der Waals surface area contributed by atoms with E-state index in [4.69, 9.17) is 56.8 Å². The van der Waals surface area contributed by atoms with Crippen LogP contribution in [0.15, 0.2) is 225 Å². The summed E-state index contributed by atoms with van der Waals surface area (Å²) in [6.07, 6.45) is -17.8. The zero-order valence-electron chi connectivity index (χ0n) is 45.8. The van der Waals surface area contributed by atoms with Gasteiger partial charge in [0.1, 0.15) is 38.1 Å². The van der Waals surface area contributed by atoms with Crippen LogP contribution in [0.5, 0.6) is 0 Å². The van der Waals surface area contributed by atoms with Crippen molar-refractivity contribution in [1.82, 2.24) is 0 Å². The molecule has 86 heavy (non-hydrogen) atoms. The Morgan fingerprint density at radius 2 is 0.605 bits per heavy atom. The van der Waals surface area contributed by atoms with Crippen LogP contribution in [0.2, 0.25) is 0 Å². The van der Waals surface area contributed by atoms with E-state index in [0.29, 0.717) is 0 Å². The first-order valence-corrected chi connectivity index (χ1v) is 27.1. The van der Waals surface area contributed by atoms with Crippen LogP contribution in [0.4, 0.5) is 0 Å². The number of ether oxygens (including phenoxy) is 12. The second kappa shape index (κ2) is 29.9. The third kappa shape index (κ3) is 15.9. The van der Waals surface area contributed by atoms with Crippen molar-refractivity contribution in [1.29, 1.82) is 0 Å². The molecule has 0 aromatic heterocycles. The summed E-state index contributed by atoms with van der Waals surface area (Å²) in [4.78, 5) is 112. The molecule has 20 heteroatoms. The van der Waals surface area contributed by atoms with E-state index in [1.807, 2.05) is 0 Å². The van der Waals surface area contributed by atoms with Gasteiger partial charge in [-0.3, -0.25) is 0 Å². The molecule has 2 heterocycles. The first-order chi connectivity index (χ1) is 41.9. The van der Waals surface area contributed by atoms with E-state index in [0.717, 1.165) is 6.08 Å². The van der Waals surface area contributed by atoms with Crippen molar-refractivity contribution < 1.29 is 95.2 Å². The Labute approximate surface area is 492 Å². The zero-order chi connectivity index (χ0) is 60.2. The maximum absolute atomic E-state index is 14.6. The molecular formula is C66H56O20. The van der Waals surface area contributed by atoms with E-state index >= 15 is 0 Å². The quantitative estimate of drug-likeness (QED) is 0.0252. The number of hydrogen-bond acceptors (Lipinski definition) is 20. The van der Waals surface area contributed by atoms with Gasteiger partial charge in [0.05, 0.1) is 45.6 Å². The minimum Gasteiger partial charge on any atom is -0.460 e. The smallest absolute Gasteiger partial charge is 0.338 e. The fourth-order valence-corrected chi connectivity index (χ4v) is 9.07. The van der Waals surface area contributed by atoms with Crippen LogP contribution in [-0.4, -0.2) is 136 Å². The Kier molecular flexibility index (Phi) is 21.0. The molecule has 0 unspecified atom stereocenters. The highest BCUT2D eigenvalue weighted by atomic mass is 16.8.